The third-order valence-corrected chi connectivity index (χ3v) is 2.76. The van der Waals surface area contributed by atoms with Crippen LogP contribution in [0.3, 0.4) is 0 Å². The number of carbonyl (C=O) groups is 1. The van der Waals surface area contributed by atoms with Gasteiger partial charge in [-0.3, -0.25) is 9.89 Å². The lowest BCUT2D eigenvalue weighted by Crippen LogP contribution is -2.19. The second kappa shape index (κ2) is 5.21. The van der Waals surface area contributed by atoms with Crippen molar-refractivity contribution < 1.29 is 13.6 Å². The van der Waals surface area contributed by atoms with Crippen LogP contribution < -0.4 is 5.32 Å². The molecule has 7 heteroatoms. The SMILES string of the molecule is Cc1n[nH]c(C)c1NC(=O)c1cccn1CC(F)F. The van der Waals surface area contributed by atoms with Gasteiger partial charge in [-0.15, -0.1) is 0 Å². The monoisotopic (exact) mass is 268 g/mol. The van der Waals surface area contributed by atoms with E-state index in [1.54, 1.807) is 19.9 Å². The summed E-state index contributed by atoms with van der Waals surface area (Å²) in [7, 11) is 0. The zero-order chi connectivity index (χ0) is 14.0. The van der Waals surface area contributed by atoms with E-state index < -0.39 is 18.9 Å². The smallest absolute Gasteiger partial charge is 0.272 e. The maximum Gasteiger partial charge on any atom is 0.272 e. The summed E-state index contributed by atoms with van der Waals surface area (Å²) in [6.45, 7) is 3.02. The van der Waals surface area contributed by atoms with Gasteiger partial charge in [0.2, 0.25) is 0 Å². The summed E-state index contributed by atoms with van der Waals surface area (Å²) in [5.41, 5.74) is 2.14. The van der Waals surface area contributed by atoms with Crippen molar-refractivity contribution >= 4 is 11.6 Å². The lowest BCUT2D eigenvalue weighted by atomic mass is 10.3. The minimum atomic E-state index is -2.50. The molecule has 0 saturated carbocycles. The average Bonchev–Trinajstić information content (AvgIpc) is 2.90. The zero-order valence-corrected chi connectivity index (χ0v) is 10.6. The number of rotatable bonds is 4. The molecule has 0 bridgehead atoms. The van der Waals surface area contributed by atoms with E-state index >= 15 is 0 Å². The van der Waals surface area contributed by atoms with Crippen LogP contribution in [0, 0.1) is 13.8 Å². The van der Waals surface area contributed by atoms with Crippen molar-refractivity contribution in [3.05, 3.63) is 35.4 Å². The number of hydrogen-bond donors (Lipinski definition) is 2. The fourth-order valence-electron chi connectivity index (χ4n) is 1.84. The van der Waals surface area contributed by atoms with Crippen molar-refractivity contribution in [2.24, 2.45) is 0 Å². The number of aromatic nitrogens is 3. The molecule has 102 valence electrons. The van der Waals surface area contributed by atoms with Crippen molar-refractivity contribution in [3.63, 3.8) is 0 Å². The van der Waals surface area contributed by atoms with E-state index in [9.17, 15) is 13.6 Å². The topological polar surface area (TPSA) is 62.7 Å². The molecule has 0 spiro atoms. The van der Waals surface area contributed by atoms with Gasteiger partial charge in [-0.05, 0) is 26.0 Å². The van der Waals surface area contributed by atoms with Crippen LogP contribution in [0.5, 0.6) is 0 Å². The van der Waals surface area contributed by atoms with Crippen LogP contribution in [0.2, 0.25) is 0 Å². The first kappa shape index (κ1) is 13.3. The van der Waals surface area contributed by atoms with E-state index in [2.05, 4.69) is 15.5 Å². The summed E-state index contributed by atoms with van der Waals surface area (Å²) in [5, 5.41) is 9.37. The second-order valence-electron chi connectivity index (χ2n) is 4.20. The van der Waals surface area contributed by atoms with Gasteiger partial charge in [0, 0.05) is 6.20 Å². The molecular formula is C12H14F2N4O. The lowest BCUT2D eigenvalue weighted by Gasteiger charge is -2.09. The molecule has 0 fully saturated rings. The third kappa shape index (κ3) is 2.81. The molecule has 0 atom stereocenters. The lowest BCUT2D eigenvalue weighted by molar-refractivity contribution is 0.0997. The molecule has 0 saturated heterocycles. The summed E-state index contributed by atoms with van der Waals surface area (Å²) < 4.78 is 26.0. The van der Waals surface area contributed by atoms with Gasteiger partial charge >= 0.3 is 0 Å². The molecule has 1 amide bonds. The Balaban J connectivity index is 2.19. The van der Waals surface area contributed by atoms with Crippen LogP contribution in [0.15, 0.2) is 18.3 Å². The Labute approximate surface area is 108 Å². The van der Waals surface area contributed by atoms with E-state index in [0.717, 1.165) is 5.69 Å². The molecule has 5 nitrogen and oxygen atoms in total. The summed E-state index contributed by atoms with van der Waals surface area (Å²) >= 11 is 0. The number of hydrogen-bond acceptors (Lipinski definition) is 2. The van der Waals surface area contributed by atoms with Gasteiger partial charge in [0.25, 0.3) is 12.3 Å². The summed E-state index contributed by atoms with van der Waals surface area (Å²) in [6.07, 6.45) is -1.05. The Morgan fingerprint density at radius 3 is 2.84 bits per heavy atom. The molecule has 2 rings (SSSR count). The average molecular weight is 268 g/mol. The van der Waals surface area contributed by atoms with Crippen molar-refractivity contribution in [2.45, 2.75) is 26.8 Å². The molecule has 0 aromatic carbocycles. The Hall–Kier alpha value is -2.18. The first-order valence-corrected chi connectivity index (χ1v) is 5.75. The van der Waals surface area contributed by atoms with Crippen molar-refractivity contribution in [3.8, 4) is 0 Å². The third-order valence-electron chi connectivity index (χ3n) is 2.76. The van der Waals surface area contributed by atoms with E-state index in [-0.39, 0.29) is 5.69 Å². The highest BCUT2D eigenvalue weighted by Crippen LogP contribution is 2.17. The van der Waals surface area contributed by atoms with Crippen LogP contribution in [-0.4, -0.2) is 27.1 Å². The fraction of sp³-hybridized carbons (Fsp3) is 0.333. The maximum absolute atomic E-state index is 12.4. The van der Waals surface area contributed by atoms with E-state index in [0.29, 0.717) is 11.4 Å². The Morgan fingerprint density at radius 1 is 1.53 bits per heavy atom. The van der Waals surface area contributed by atoms with Crippen molar-refractivity contribution in [1.82, 2.24) is 14.8 Å². The molecule has 2 heterocycles. The molecule has 19 heavy (non-hydrogen) atoms. The number of aromatic amines is 1. The summed E-state index contributed by atoms with van der Waals surface area (Å²) in [5.74, 6) is -0.432. The van der Waals surface area contributed by atoms with Gasteiger partial charge in [0.1, 0.15) is 5.69 Å². The Bertz CT molecular complexity index is 569. The minimum Gasteiger partial charge on any atom is -0.338 e. The van der Waals surface area contributed by atoms with E-state index in [4.69, 9.17) is 0 Å². The highest BCUT2D eigenvalue weighted by atomic mass is 19.3. The van der Waals surface area contributed by atoms with Crippen LogP contribution in [-0.2, 0) is 6.54 Å². The first-order valence-electron chi connectivity index (χ1n) is 5.75. The predicted octanol–water partition coefficient (Wildman–Crippen LogP) is 2.35. The molecule has 2 aromatic rings. The van der Waals surface area contributed by atoms with Crippen molar-refractivity contribution in [2.75, 3.05) is 5.32 Å². The number of nitrogens with one attached hydrogen (secondary N) is 2. The number of aryl methyl sites for hydroxylation is 2. The van der Waals surface area contributed by atoms with Gasteiger partial charge in [0.15, 0.2) is 0 Å². The molecule has 0 aliphatic heterocycles. The Morgan fingerprint density at radius 2 is 2.26 bits per heavy atom. The first-order chi connectivity index (χ1) is 8.99. The summed E-state index contributed by atoms with van der Waals surface area (Å²) in [6, 6.07) is 3.06. The second-order valence-corrected chi connectivity index (χ2v) is 4.20. The molecule has 0 aliphatic carbocycles. The molecule has 0 radical (unpaired) electrons. The van der Waals surface area contributed by atoms with E-state index in [1.165, 1.54) is 16.8 Å². The highest BCUT2D eigenvalue weighted by Gasteiger charge is 2.16. The molecular weight excluding hydrogens is 254 g/mol. The number of carbonyl (C=O) groups excluding carboxylic acids is 1. The summed E-state index contributed by atoms with van der Waals surface area (Å²) in [4.78, 5) is 12.1. The van der Waals surface area contributed by atoms with Crippen LogP contribution >= 0.6 is 0 Å². The van der Waals surface area contributed by atoms with Gasteiger partial charge in [-0.25, -0.2) is 8.78 Å². The van der Waals surface area contributed by atoms with Crippen molar-refractivity contribution in [1.29, 1.82) is 0 Å². The van der Waals surface area contributed by atoms with Crippen LogP contribution in [0.4, 0.5) is 14.5 Å². The molecule has 2 N–H and O–H groups in total. The number of amides is 1. The number of H-pyrrole nitrogens is 1. The minimum absolute atomic E-state index is 0.195. The van der Waals surface area contributed by atoms with Gasteiger partial charge < -0.3 is 9.88 Å². The highest BCUT2D eigenvalue weighted by molar-refractivity contribution is 6.03. The van der Waals surface area contributed by atoms with Gasteiger partial charge in [-0.2, -0.15) is 5.10 Å². The van der Waals surface area contributed by atoms with Gasteiger partial charge in [0.05, 0.1) is 23.6 Å². The molecule has 0 aliphatic rings. The number of halogens is 2. The normalized spacial score (nSPS) is 11.0. The largest absolute Gasteiger partial charge is 0.338 e. The van der Waals surface area contributed by atoms with Crippen LogP contribution in [0.25, 0.3) is 0 Å². The molecule has 0 unspecified atom stereocenters. The standard InChI is InChI=1S/C12H14F2N4O/c1-7-11(8(2)17-16-7)15-12(19)9-4-3-5-18(9)6-10(13)14/h3-5,10H,6H2,1-2H3,(H,15,19)(H,16,17). The Kier molecular flexibility index (Phi) is 3.64. The van der Waals surface area contributed by atoms with E-state index in [1.807, 2.05) is 0 Å². The van der Waals surface area contributed by atoms with Crippen LogP contribution in [0.1, 0.15) is 21.9 Å². The maximum atomic E-state index is 12.4. The quantitative estimate of drug-likeness (QED) is 0.894. The zero-order valence-electron chi connectivity index (χ0n) is 10.6. The number of anilines is 1. The molecule has 2 aromatic heterocycles. The number of alkyl halides is 2. The van der Waals surface area contributed by atoms with Gasteiger partial charge in [-0.1, -0.05) is 0 Å². The number of nitrogens with zero attached hydrogens (tertiary/aromatic N) is 2. The predicted molar refractivity (Wildman–Crippen MR) is 66.5 cm³/mol. The fourth-order valence-corrected chi connectivity index (χ4v) is 1.84.